The molecule has 8 nitrogen and oxygen atoms in total. The molecular formula is C16H18F4N4O4S. The van der Waals surface area contributed by atoms with E-state index in [0.717, 1.165) is 22.1 Å². The fraction of sp³-hybridized carbons (Fsp3) is 0.500. The van der Waals surface area contributed by atoms with Crippen molar-refractivity contribution in [3.05, 3.63) is 40.3 Å². The number of piperidine rings is 1. The van der Waals surface area contributed by atoms with Crippen molar-refractivity contribution < 1.29 is 30.7 Å². The Hall–Kier alpha value is -2.41. The second-order valence-corrected chi connectivity index (χ2v) is 8.48. The van der Waals surface area contributed by atoms with Crippen molar-refractivity contribution in [2.24, 2.45) is 7.05 Å². The lowest BCUT2D eigenvalue weighted by atomic mass is 10.1. The fourth-order valence-corrected chi connectivity index (χ4v) is 4.71. The van der Waals surface area contributed by atoms with Gasteiger partial charge in [-0.3, -0.25) is 4.57 Å². The van der Waals surface area contributed by atoms with Crippen LogP contribution in [0.3, 0.4) is 0 Å². The number of halogens is 4. The molecule has 0 aliphatic carbocycles. The Kier molecular flexibility index (Phi) is 5.47. The first kappa shape index (κ1) is 21.3. The van der Waals surface area contributed by atoms with Crippen LogP contribution < -0.4 is 10.4 Å². The molecule has 2 aromatic rings. The quantitative estimate of drug-likeness (QED) is 0.680. The molecule has 13 heteroatoms. The van der Waals surface area contributed by atoms with E-state index in [1.165, 1.54) is 19.2 Å². The molecule has 29 heavy (non-hydrogen) atoms. The molecule has 0 bridgehead atoms. The Labute approximate surface area is 163 Å². The molecule has 1 fully saturated rings. The molecule has 1 aromatic carbocycles. The number of hydrogen-bond donors (Lipinski definition) is 0. The van der Waals surface area contributed by atoms with Crippen LogP contribution >= 0.6 is 0 Å². The Morgan fingerprint density at radius 2 is 1.83 bits per heavy atom. The summed E-state index contributed by atoms with van der Waals surface area (Å²) >= 11 is 0. The number of methoxy groups -OCH3 is 1. The summed E-state index contributed by atoms with van der Waals surface area (Å²) in [5.74, 6) is -2.24. The zero-order valence-electron chi connectivity index (χ0n) is 15.5. The van der Waals surface area contributed by atoms with Crippen LogP contribution in [0.1, 0.15) is 24.7 Å². The summed E-state index contributed by atoms with van der Waals surface area (Å²) < 4.78 is 85.2. The van der Waals surface area contributed by atoms with E-state index in [9.17, 15) is 30.8 Å². The fourth-order valence-electron chi connectivity index (χ4n) is 3.22. The van der Waals surface area contributed by atoms with Gasteiger partial charge in [0.1, 0.15) is 0 Å². The van der Waals surface area contributed by atoms with Gasteiger partial charge in [0.05, 0.1) is 18.0 Å². The molecule has 1 saturated heterocycles. The van der Waals surface area contributed by atoms with Gasteiger partial charge in [-0.1, -0.05) is 0 Å². The number of sulfonamides is 1. The molecule has 0 spiro atoms. The van der Waals surface area contributed by atoms with Crippen LogP contribution in [0.2, 0.25) is 0 Å². The number of aromatic nitrogens is 3. The van der Waals surface area contributed by atoms with Crippen molar-refractivity contribution >= 4 is 10.0 Å². The van der Waals surface area contributed by atoms with E-state index in [-0.39, 0.29) is 36.6 Å². The predicted octanol–water partition coefficient (Wildman–Crippen LogP) is 1.77. The average Bonchev–Trinajstić information content (AvgIpc) is 2.97. The van der Waals surface area contributed by atoms with E-state index in [4.69, 9.17) is 4.74 Å². The van der Waals surface area contributed by atoms with E-state index in [1.54, 1.807) is 0 Å². The number of hydrogen-bond acceptors (Lipinski definition) is 5. The lowest BCUT2D eigenvalue weighted by Gasteiger charge is -2.30. The van der Waals surface area contributed by atoms with Crippen molar-refractivity contribution in [1.29, 1.82) is 0 Å². The van der Waals surface area contributed by atoms with Crippen LogP contribution in [0, 0.1) is 5.82 Å². The highest BCUT2D eigenvalue weighted by atomic mass is 32.2. The highest BCUT2D eigenvalue weighted by Gasteiger charge is 2.39. The molecular weight excluding hydrogens is 420 g/mol. The topological polar surface area (TPSA) is 86.4 Å². The maximum absolute atomic E-state index is 13.9. The van der Waals surface area contributed by atoms with Crippen molar-refractivity contribution in [1.82, 2.24) is 18.7 Å². The molecule has 0 amide bonds. The van der Waals surface area contributed by atoms with Crippen molar-refractivity contribution in [2.75, 3.05) is 20.2 Å². The first-order valence-electron chi connectivity index (χ1n) is 8.53. The second kappa shape index (κ2) is 7.44. The standard InChI is InChI=1S/C16H18F4N4O4S/c1-22-14(16(18,19)20)21-24(15(22)25)10-5-7-23(8-6-10)29(26,27)11-3-4-13(28-2)12(17)9-11/h3-4,9-10H,5-8H2,1-2H3. The van der Waals surface area contributed by atoms with Crippen LogP contribution in [0.4, 0.5) is 17.6 Å². The van der Waals surface area contributed by atoms with Crippen LogP contribution in [-0.2, 0) is 23.2 Å². The molecule has 1 aliphatic heterocycles. The number of nitrogens with zero attached hydrogens (tertiary/aromatic N) is 4. The van der Waals surface area contributed by atoms with Crippen molar-refractivity contribution in [3.8, 4) is 5.75 Å². The van der Waals surface area contributed by atoms with Gasteiger partial charge in [0.25, 0.3) is 0 Å². The van der Waals surface area contributed by atoms with E-state index in [0.29, 0.717) is 4.57 Å². The maximum atomic E-state index is 13.9. The van der Waals surface area contributed by atoms with Gasteiger partial charge in [0.15, 0.2) is 11.6 Å². The largest absolute Gasteiger partial charge is 0.494 e. The molecule has 1 aliphatic rings. The minimum absolute atomic E-state index is 0.0506. The molecule has 1 aromatic heterocycles. The second-order valence-electron chi connectivity index (χ2n) is 6.54. The molecule has 3 rings (SSSR count). The third-order valence-electron chi connectivity index (χ3n) is 4.79. The lowest BCUT2D eigenvalue weighted by Crippen LogP contribution is -2.41. The van der Waals surface area contributed by atoms with Gasteiger partial charge in [-0.05, 0) is 31.0 Å². The van der Waals surface area contributed by atoms with Crippen molar-refractivity contribution in [2.45, 2.75) is 30.0 Å². The zero-order chi connectivity index (χ0) is 21.6. The summed E-state index contributed by atoms with van der Waals surface area (Å²) in [7, 11) is -1.78. The third-order valence-corrected chi connectivity index (χ3v) is 6.68. The molecule has 160 valence electrons. The Morgan fingerprint density at radius 3 is 2.31 bits per heavy atom. The molecule has 2 heterocycles. The van der Waals surface area contributed by atoms with Gasteiger partial charge in [0.2, 0.25) is 15.8 Å². The molecule has 0 radical (unpaired) electrons. The van der Waals surface area contributed by atoms with Gasteiger partial charge in [-0.2, -0.15) is 17.5 Å². The molecule has 0 saturated carbocycles. The van der Waals surface area contributed by atoms with Gasteiger partial charge in [-0.25, -0.2) is 22.3 Å². The predicted molar refractivity (Wildman–Crippen MR) is 92.5 cm³/mol. The monoisotopic (exact) mass is 438 g/mol. The highest BCUT2D eigenvalue weighted by Crippen LogP contribution is 2.30. The minimum Gasteiger partial charge on any atom is -0.494 e. The number of rotatable bonds is 4. The summed E-state index contributed by atoms with van der Waals surface area (Å²) in [6.45, 7) is -0.101. The first-order valence-corrected chi connectivity index (χ1v) is 9.97. The van der Waals surface area contributed by atoms with Crippen LogP contribution in [0.25, 0.3) is 0 Å². The van der Waals surface area contributed by atoms with Crippen LogP contribution in [-0.4, -0.2) is 47.3 Å². The smallest absolute Gasteiger partial charge is 0.451 e. The SMILES string of the molecule is COc1ccc(S(=O)(=O)N2CCC(n3nc(C(F)(F)F)n(C)c3=O)CC2)cc1F. The Balaban J connectivity index is 1.79. The van der Waals surface area contributed by atoms with Gasteiger partial charge < -0.3 is 4.74 Å². The summed E-state index contributed by atoms with van der Waals surface area (Å²) in [6.07, 6.45) is -4.60. The minimum atomic E-state index is -4.78. The number of benzene rings is 1. The zero-order valence-corrected chi connectivity index (χ0v) is 16.3. The third kappa shape index (κ3) is 3.88. The van der Waals surface area contributed by atoms with E-state index in [2.05, 4.69) is 5.10 Å². The first-order chi connectivity index (χ1) is 13.5. The highest BCUT2D eigenvalue weighted by molar-refractivity contribution is 7.89. The van der Waals surface area contributed by atoms with Crippen LogP contribution in [0.15, 0.2) is 27.9 Å². The summed E-state index contributed by atoms with van der Waals surface area (Å²) in [5, 5.41) is 3.39. The number of ether oxygens (including phenoxy) is 1. The molecule has 0 atom stereocenters. The van der Waals surface area contributed by atoms with Gasteiger partial charge in [-0.15, -0.1) is 5.10 Å². The Morgan fingerprint density at radius 1 is 1.21 bits per heavy atom. The van der Waals surface area contributed by atoms with Crippen LogP contribution in [0.5, 0.6) is 5.75 Å². The molecule has 0 N–H and O–H groups in total. The van der Waals surface area contributed by atoms with Gasteiger partial charge in [0, 0.05) is 20.1 Å². The lowest BCUT2D eigenvalue weighted by molar-refractivity contribution is -0.147. The number of alkyl halides is 3. The van der Waals surface area contributed by atoms with Gasteiger partial charge >= 0.3 is 11.9 Å². The molecule has 0 unspecified atom stereocenters. The normalized spacial score (nSPS) is 16.9. The summed E-state index contributed by atoms with van der Waals surface area (Å²) in [6, 6.07) is 2.58. The van der Waals surface area contributed by atoms with E-state index in [1.807, 2.05) is 0 Å². The average molecular weight is 438 g/mol. The Bertz CT molecular complexity index is 1070. The summed E-state index contributed by atoms with van der Waals surface area (Å²) in [4.78, 5) is 11.9. The summed E-state index contributed by atoms with van der Waals surface area (Å²) in [5.41, 5.74) is -0.921. The maximum Gasteiger partial charge on any atom is 0.451 e. The van der Waals surface area contributed by atoms with E-state index >= 15 is 0 Å². The van der Waals surface area contributed by atoms with Crippen molar-refractivity contribution in [3.63, 3.8) is 0 Å². The van der Waals surface area contributed by atoms with E-state index < -0.39 is 39.6 Å².